The Hall–Kier alpha value is -1.57. The fourth-order valence-corrected chi connectivity index (χ4v) is 3.68. The molecule has 0 bridgehead atoms. The number of likely N-dealkylation sites (N-methyl/N-ethyl adjacent to an activating group) is 1. The standard InChI is InChI=1S/C21H38N4O3/c1-5-22-21(25-11-10-18(16-25)17-27-14-13-26-4)23-15-19(24(6-2)7-3)20-9-8-12-28-20/h8-9,12,18-19H,5-7,10-11,13-17H2,1-4H3,(H,22,23). The quantitative estimate of drug-likeness (QED) is 0.334. The van der Waals surface area contributed by atoms with Gasteiger partial charge in [0, 0.05) is 32.7 Å². The smallest absolute Gasteiger partial charge is 0.193 e. The molecule has 28 heavy (non-hydrogen) atoms. The van der Waals surface area contributed by atoms with Crippen molar-refractivity contribution >= 4 is 5.96 Å². The lowest BCUT2D eigenvalue weighted by Gasteiger charge is -2.28. The molecule has 1 aromatic heterocycles. The summed E-state index contributed by atoms with van der Waals surface area (Å²) in [4.78, 5) is 9.73. The highest BCUT2D eigenvalue weighted by Crippen LogP contribution is 2.22. The Morgan fingerprint density at radius 1 is 1.36 bits per heavy atom. The molecule has 1 N–H and O–H groups in total. The molecule has 0 spiro atoms. The highest BCUT2D eigenvalue weighted by atomic mass is 16.5. The largest absolute Gasteiger partial charge is 0.468 e. The second-order valence-corrected chi connectivity index (χ2v) is 7.12. The third kappa shape index (κ3) is 6.79. The van der Waals surface area contributed by atoms with Crippen molar-refractivity contribution in [2.45, 2.75) is 33.2 Å². The van der Waals surface area contributed by atoms with Gasteiger partial charge in [0.05, 0.1) is 38.7 Å². The maximum absolute atomic E-state index is 5.72. The highest BCUT2D eigenvalue weighted by molar-refractivity contribution is 5.80. The van der Waals surface area contributed by atoms with Crippen LogP contribution in [0.25, 0.3) is 0 Å². The molecule has 2 heterocycles. The third-order valence-electron chi connectivity index (χ3n) is 5.24. The van der Waals surface area contributed by atoms with Crippen molar-refractivity contribution in [2.24, 2.45) is 10.9 Å². The van der Waals surface area contributed by atoms with Gasteiger partial charge in [-0.25, -0.2) is 0 Å². The lowest BCUT2D eigenvalue weighted by Crippen LogP contribution is -2.41. The highest BCUT2D eigenvalue weighted by Gasteiger charge is 2.26. The fourth-order valence-electron chi connectivity index (χ4n) is 3.68. The first-order chi connectivity index (χ1) is 13.7. The van der Waals surface area contributed by atoms with Crippen molar-refractivity contribution in [3.8, 4) is 0 Å². The molecule has 1 aliphatic rings. The van der Waals surface area contributed by atoms with Crippen LogP contribution in [-0.4, -0.2) is 82.0 Å². The summed E-state index contributed by atoms with van der Waals surface area (Å²) in [5, 5.41) is 3.46. The summed E-state index contributed by atoms with van der Waals surface area (Å²) >= 11 is 0. The zero-order chi connectivity index (χ0) is 20.2. The van der Waals surface area contributed by atoms with Crippen molar-refractivity contribution in [2.75, 3.05) is 66.2 Å². The zero-order valence-corrected chi connectivity index (χ0v) is 18.0. The Balaban J connectivity index is 1.98. The van der Waals surface area contributed by atoms with E-state index in [0.717, 1.165) is 57.5 Å². The van der Waals surface area contributed by atoms with E-state index in [-0.39, 0.29) is 6.04 Å². The van der Waals surface area contributed by atoms with Gasteiger partial charge in [0.1, 0.15) is 5.76 Å². The minimum absolute atomic E-state index is 0.162. The van der Waals surface area contributed by atoms with Gasteiger partial charge >= 0.3 is 0 Å². The molecule has 1 aliphatic heterocycles. The van der Waals surface area contributed by atoms with Gasteiger partial charge in [0.25, 0.3) is 0 Å². The molecule has 1 aromatic rings. The molecule has 2 atom stereocenters. The molecule has 1 fully saturated rings. The van der Waals surface area contributed by atoms with E-state index < -0.39 is 0 Å². The topological polar surface area (TPSA) is 62.5 Å². The van der Waals surface area contributed by atoms with Gasteiger partial charge in [0.2, 0.25) is 0 Å². The molecule has 2 unspecified atom stereocenters. The number of methoxy groups -OCH3 is 1. The minimum Gasteiger partial charge on any atom is -0.468 e. The number of guanidine groups is 1. The van der Waals surface area contributed by atoms with Gasteiger partial charge in [-0.3, -0.25) is 9.89 Å². The van der Waals surface area contributed by atoms with E-state index in [1.165, 1.54) is 0 Å². The molecule has 0 amide bonds. The molecular formula is C21H38N4O3. The number of ether oxygens (including phenoxy) is 2. The van der Waals surface area contributed by atoms with E-state index in [1.807, 2.05) is 6.07 Å². The number of nitrogens with zero attached hydrogens (tertiary/aromatic N) is 3. The Bertz CT molecular complexity index is 546. The molecule has 2 rings (SSSR count). The number of aliphatic imine (C=N–C) groups is 1. The number of furan rings is 1. The SMILES string of the molecule is CCNC(=NCC(c1ccco1)N(CC)CC)N1CCC(COCCOC)C1. The van der Waals surface area contributed by atoms with E-state index in [0.29, 0.717) is 25.7 Å². The van der Waals surface area contributed by atoms with Crippen molar-refractivity contribution in [3.05, 3.63) is 24.2 Å². The molecule has 160 valence electrons. The maximum atomic E-state index is 5.72. The van der Waals surface area contributed by atoms with Crippen LogP contribution >= 0.6 is 0 Å². The first-order valence-corrected chi connectivity index (χ1v) is 10.6. The normalized spacial score (nSPS) is 18.8. The molecule has 0 radical (unpaired) electrons. The van der Waals surface area contributed by atoms with Crippen LogP contribution in [0.15, 0.2) is 27.8 Å². The van der Waals surface area contributed by atoms with Gasteiger partial charge in [-0.2, -0.15) is 0 Å². The summed E-state index contributed by atoms with van der Waals surface area (Å²) in [5.74, 6) is 2.52. The average Bonchev–Trinajstić information content (AvgIpc) is 3.40. The van der Waals surface area contributed by atoms with Crippen LogP contribution in [0.1, 0.15) is 39.0 Å². The third-order valence-corrected chi connectivity index (χ3v) is 5.24. The zero-order valence-electron chi connectivity index (χ0n) is 18.0. The summed E-state index contributed by atoms with van der Waals surface area (Å²) in [6, 6.07) is 4.17. The van der Waals surface area contributed by atoms with Crippen LogP contribution in [0.2, 0.25) is 0 Å². The average molecular weight is 395 g/mol. The first kappa shape index (κ1) is 22.7. The van der Waals surface area contributed by atoms with Crippen LogP contribution < -0.4 is 5.32 Å². The predicted molar refractivity (Wildman–Crippen MR) is 113 cm³/mol. The minimum atomic E-state index is 0.162. The van der Waals surface area contributed by atoms with E-state index in [2.05, 4.69) is 42.0 Å². The first-order valence-electron chi connectivity index (χ1n) is 10.6. The molecule has 0 aliphatic carbocycles. The Labute approximate surface area is 170 Å². The van der Waals surface area contributed by atoms with Crippen LogP contribution in [-0.2, 0) is 9.47 Å². The molecule has 0 aromatic carbocycles. The van der Waals surface area contributed by atoms with Crippen LogP contribution in [0.5, 0.6) is 0 Å². The number of nitrogens with one attached hydrogen (secondary N) is 1. The van der Waals surface area contributed by atoms with Crippen LogP contribution in [0.4, 0.5) is 0 Å². The summed E-state index contributed by atoms with van der Waals surface area (Å²) < 4.78 is 16.5. The van der Waals surface area contributed by atoms with Crippen LogP contribution in [0.3, 0.4) is 0 Å². The van der Waals surface area contributed by atoms with Gasteiger partial charge in [-0.05, 0) is 38.6 Å². The Morgan fingerprint density at radius 3 is 2.82 bits per heavy atom. The fraction of sp³-hybridized carbons (Fsp3) is 0.762. The van der Waals surface area contributed by atoms with Crippen molar-refractivity contribution in [1.29, 1.82) is 0 Å². The number of hydrogen-bond donors (Lipinski definition) is 1. The predicted octanol–water partition coefficient (Wildman–Crippen LogP) is 2.61. The molecule has 0 saturated carbocycles. The summed E-state index contributed by atoms with van der Waals surface area (Å²) in [6.07, 6.45) is 2.88. The summed E-state index contributed by atoms with van der Waals surface area (Å²) in [7, 11) is 1.70. The van der Waals surface area contributed by atoms with Gasteiger partial charge in [-0.15, -0.1) is 0 Å². The monoisotopic (exact) mass is 394 g/mol. The molecule has 7 heteroatoms. The van der Waals surface area contributed by atoms with E-state index in [4.69, 9.17) is 18.9 Å². The van der Waals surface area contributed by atoms with E-state index >= 15 is 0 Å². The van der Waals surface area contributed by atoms with E-state index in [9.17, 15) is 0 Å². The van der Waals surface area contributed by atoms with Gasteiger partial charge < -0.3 is 24.1 Å². The van der Waals surface area contributed by atoms with Crippen molar-refractivity contribution < 1.29 is 13.9 Å². The molecule has 1 saturated heterocycles. The maximum Gasteiger partial charge on any atom is 0.193 e. The lowest BCUT2D eigenvalue weighted by molar-refractivity contribution is 0.0536. The Kier molecular flexibility index (Phi) is 10.4. The van der Waals surface area contributed by atoms with Crippen LogP contribution in [0, 0.1) is 5.92 Å². The van der Waals surface area contributed by atoms with Gasteiger partial charge in [-0.1, -0.05) is 13.8 Å². The second kappa shape index (κ2) is 12.8. The second-order valence-electron chi connectivity index (χ2n) is 7.12. The van der Waals surface area contributed by atoms with Crippen molar-refractivity contribution in [3.63, 3.8) is 0 Å². The van der Waals surface area contributed by atoms with Gasteiger partial charge in [0.15, 0.2) is 5.96 Å². The van der Waals surface area contributed by atoms with Crippen molar-refractivity contribution in [1.82, 2.24) is 15.1 Å². The Morgan fingerprint density at radius 2 is 2.18 bits per heavy atom. The number of hydrogen-bond acceptors (Lipinski definition) is 5. The summed E-state index contributed by atoms with van der Waals surface area (Å²) in [5.41, 5.74) is 0. The molecule has 7 nitrogen and oxygen atoms in total. The van der Waals surface area contributed by atoms with E-state index in [1.54, 1.807) is 13.4 Å². The number of likely N-dealkylation sites (tertiary alicyclic amines) is 1. The summed E-state index contributed by atoms with van der Waals surface area (Å²) in [6.45, 7) is 14.1. The molecular weight excluding hydrogens is 356 g/mol. The number of rotatable bonds is 12. The lowest BCUT2D eigenvalue weighted by atomic mass is 10.1.